The van der Waals surface area contributed by atoms with Crippen molar-refractivity contribution < 1.29 is 45.7 Å². The smallest absolute Gasteiger partial charge is 0 e. The average molecular weight is 817 g/mol. The summed E-state index contributed by atoms with van der Waals surface area (Å²) in [4.78, 5) is 8.37. The number of halogens is 1. The second-order valence-electron chi connectivity index (χ2n) is 10.8. The molecular weight excluding hydrogens is 776 g/mol. The molecule has 0 bridgehead atoms. The van der Waals surface area contributed by atoms with Crippen LogP contribution >= 0.6 is 0 Å². The van der Waals surface area contributed by atoms with Crippen molar-refractivity contribution in [3.8, 4) is 22.5 Å². The Morgan fingerprint density at radius 3 is 2.21 bits per heavy atom. The molecule has 219 valence electrons. The van der Waals surface area contributed by atoms with Crippen LogP contribution in [0.15, 0.2) is 88.0 Å². The fourth-order valence-electron chi connectivity index (χ4n) is 4.69. The molecule has 7 aromatic rings. The van der Waals surface area contributed by atoms with Crippen LogP contribution in [0, 0.1) is 38.5 Å². The van der Waals surface area contributed by atoms with Crippen LogP contribution in [0.25, 0.3) is 55.4 Å². The van der Waals surface area contributed by atoms with Crippen molar-refractivity contribution in [3.63, 3.8) is 0 Å². The number of pyridine rings is 2. The summed E-state index contributed by atoms with van der Waals surface area (Å²) in [6.45, 7) is -7.38. The zero-order valence-electron chi connectivity index (χ0n) is 32.4. The number of hydrogen-bond acceptors (Lipinski definition) is 4. The Hall–Kier alpha value is -3.58. The van der Waals surface area contributed by atoms with E-state index in [1.54, 1.807) is 42.5 Å². The van der Waals surface area contributed by atoms with E-state index in [9.17, 15) is 0 Å². The van der Waals surface area contributed by atoms with E-state index in [-0.39, 0.29) is 48.3 Å². The van der Waals surface area contributed by atoms with Crippen LogP contribution < -0.4 is 4.59 Å². The fraction of sp³-hybridized carbons (Fsp3) is 0.167. The standard InChI is InChI=1S/C24H21FGeNO2.C12H10N.Ir/c1-13-11-19(27-12-14(13)2)17-8-6-7-15-16-9-10-18-20(25)24(26(3,4)5)29-23(18)22(16)28-21(15)17;1-10-7-8-12(13-9-10)11-5-3-2-4-6-11;/h6-7,9-12H,1-5H3;2-5,7-9H,1H3;/q2*-1;/i1D3,2D3;1D3;. The zero-order valence-corrected chi connectivity index (χ0v) is 27.9. The number of aryl methyl sites for hydroxylation is 3. The van der Waals surface area contributed by atoms with E-state index in [1.165, 1.54) is 12.3 Å². The first-order valence-electron chi connectivity index (χ1n) is 17.7. The summed E-state index contributed by atoms with van der Waals surface area (Å²) in [5, 5.41) is 1.76. The summed E-state index contributed by atoms with van der Waals surface area (Å²) in [5.74, 6) is 5.77. The van der Waals surface area contributed by atoms with E-state index in [1.807, 2.05) is 35.5 Å². The quantitative estimate of drug-likeness (QED) is 0.132. The van der Waals surface area contributed by atoms with Crippen molar-refractivity contribution in [1.82, 2.24) is 9.97 Å². The van der Waals surface area contributed by atoms with Gasteiger partial charge < -0.3 is 4.98 Å². The maximum atomic E-state index is 15.1. The van der Waals surface area contributed by atoms with Gasteiger partial charge in [0, 0.05) is 34.5 Å². The minimum absolute atomic E-state index is 0. The molecule has 0 unspecified atom stereocenters. The van der Waals surface area contributed by atoms with E-state index in [0.29, 0.717) is 43.1 Å². The molecule has 0 aliphatic heterocycles. The SMILES string of the molecule is [2H]C([2H])([2H])c1ccc(-c2[c-]cccc2)nc1.[2H]C([2H])([2H])c1cnc(-c2[c-]ccc3c2oc2c3ccc3c(F)[c]([Ge]([CH3])([CH3])[CH3])oc32)cc1C([2H])([2H])[2H].[Ir]. The first kappa shape index (κ1) is 21.2. The molecule has 0 fully saturated rings. The minimum Gasteiger partial charge on any atom is 0 e. The van der Waals surface area contributed by atoms with Crippen LogP contribution in [0.4, 0.5) is 4.39 Å². The van der Waals surface area contributed by atoms with Gasteiger partial charge in [-0.05, 0) is 18.1 Å². The molecule has 0 aliphatic carbocycles. The second kappa shape index (κ2) is 12.2. The van der Waals surface area contributed by atoms with Gasteiger partial charge in [-0.2, -0.15) is 0 Å². The van der Waals surface area contributed by atoms with Gasteiger partial charge in [-0.25, -0.2) is 0 Å². The topological polar surface area (TPSA) is 52.1 Å². The summed E-state index contributed by atoms with van der Waals surface area (Å²) >= 11 is -2.63. The molecule has 0 atom stereocenters. The summed E-state index contributed by atoms with van der Waals surface area (Å²) in [6.07, 6.45) is 2.46. The molecule has 0 saturated carbocycles. The Bertz CT molecular complexity index is 2380. The number of furan rings is 2. The summed E-state index contributed by atoms with van der Waals surface area (Å²) in [5.41, 5.74) is 2.87. The van der Waals surface area contributed by atoms with Crippen LogP contribution in [0.1, 0.15) is 29.0 Å². The zero-order chi connectivity index (χ0) is 37.1. The van der Waals surface area contributed by atoms with Crippen LogP contribution in [0.2, 0.25) is 17.3 Å². The number of fused-ring (bicyclic) bond motifs is 5. The van der Waals surface area contributed by atoms with Gasteiger partial charge in [-0.15, -0.1) is 35.9 Å². The fourth-order valence-corrected chi connectivity index (χ4v) is 7.21. The molecule has 1 radical (unpaired) electrons. The van der Waals surface area contributed by atoms with Gasteiger partial charge in [-0.3, -0.25) is 0 Å². The van der Waals surface area contributed by atoms with E-state index >= 15 is 4.39 Å². The predicted octanol–water partition coefficient (Wildman–Crippen LogP) is 9.35. The van der Waals surface area contributed by atoms with Gasteiger partial charge in [-0.1, -0.05) is 12.1 Å². The Morgan fingerprint density at radius 1 is 0.744 bits per heavy atom. The minimum atomic E-state index is -2.66. The third-order valence-electron chi connectivity index (χ3n) is 6.79. The maximum absolute atomic E-state index is 15.1. The van der Waals surface area contributed by atoms with Crippen molar-refractivity contribution in [2.45, 2.75) is 37.8 Å². The van der Waals surface area contributed by atoms with E-state index < -0.39 is 33.8 Å². The summed E-state index contributed by atoms with van der Waals surface area (Å²) in [7, 11) is 0. The van der Waals surface area contributed by atoms with Gasteiger partial charge in [0.25, 0.3) is 0 Å². The van der Waals surface area contributed by atoms with Gasteiger partial charge in [0.05, 0.1) is 0 Å². The first-order valence-corrected chi connectivity index (χ1v) is 20.5. The van der Waals surface area contributed by atoms with Crippen molar-refractivity contribution in [2.24, 2.45) is 0 Å². The Balaban J connectivity index is 0.000000258. The molecular formula is C36H31FGeIrN2O2-2. The van der Waals surface area contributed by atoms with Crippen LogP contribution in [0.5, 0.6) is 0 Å². The molecule has 0 N–H and O–H groups in total. The monoisotopic (exact) mass is 818 g/mol. The van der Waals surface area contributed by atoms with Gasteiger partial charge in [0.2, 0.25) is 0 Å². The number of nitrogens with zero attached hydrogens (tertiary/aromatic N) is 2. The van der Waals surface area contributed by atoms with Gasteiger partial charge >= 0.3 is 175 Å². The third-order valence-corrected chi connectivity index (χ3v) is 10.3. The second-order valence-corrected chi connectivity index (χ2v) is 21.2. The van der Waals surface area contributed by atoms with Gasteiger partial charge in [0.15, 0.2) is 0 Å². The third kappa shape index (κ3) is 5.97. The van der Waals surface area contributed by atoms with Crippen molar-refractivity contribution in [2.75, 3.05) is 0 Å². The molecule has 4 heterocycles. The Labute approximate surface area is 279 Å². The average Bonchev–Trinajstić information content (AvgIpc) is 3.62. The molecule has 4 aromatic heterocycles. The molecule has 7 rings (SSSR count). The normalized spacial score (nSPS) is 15.4. The molecule has 7 heteroatoms. The van der Waals surface area contributed by atoms with E-state index in [2.05, 4.69) is 22.1 Å². The van der Waals surface area contributed by atoms with E-state index in [0.717, 1.165) is 17.5 Å². The van der Waals surface area contributed by atoms with Gasteiger partial charge in [0.1, 0.15) is 0 Å². The molecule has 0 spiro atoms. The molecule has 4 nitrogen and oxygen atoms in total. The van der Waals surface area contributed by atoms with Crippen molar-refractivity contribution in [3.05, 3.63) is 114 Å². The first-order chi connectivity index (χ1) is 23.7. The molecule has 0 amide bonds. The van der Waals surface area contributed by atoms with Crippen LogP contribution in [-0.2, 0) is 20.1 Å². The molecule has 0 aliphatic rings. The van der Waals surface area contributed by atoms with Crippen LogP contribution in [-0.4, -0.2) is 23.2 Å². The molecule has 3 aromatic carbocycles. The number of hydrogen-bond donors (Lipinski definition) is 0. The Kier molecular flexibility index (Phi) is 6.01. The van der Waals surface area contributed by atoms with E-state index in [4.69, 9.17) is 21.2 Å². The summed E-state index contributed by atoms with van der Waals surface area (Å²) < 4.78 is 96.1. The van der Waals surface area contributed by atoms with Crippen LogP contribution in [0.3, 0.4) is 0 Å². The molecule has 43 heavy (non-hydrogen) atoms. The van der Waals surface area contributed by atoms with Crippen molar-refractivity contribution >= 4 is 50.8 Å². The number of aromatic nitrogens is 2. The van der Waals surface area contributed by atoms with Crippen molar-refractivity contribution in [1.29, 1.82) is 0 Å². The predicted molar refractivity (Wildman–Crippen MR) is 171 cm³/mol. The Morgan fingerprint density at radius 2 is 1.51 bits per heavy atom. The number of benzene rings is 3. The molecule has 0 saturated heterocycles. The summed E-state index contributed by atoms with van der Waals surface area (Å²) in [6, 6.07) is 25.0. The number of rotatable bonds is 3.